The van der Waals surface area contributed by atoms with Crippen LogP contribution in [0.25, 0.3) is 10.8 Å². The number of nitrogens with zero attached hydrogens (tertiary/aromatic N) is 5. The predicted octanol–water partition coefficient (Wildman–Crippen LogP) is 1.57. The van der Waals surface area contributed by atoms with Crippen molar-refractivity contribution in [3.8, 4) is 5.88 Å². The van der Waals surface area contributed by atoms with E-state index in [-0.39, 0.29) is 30.4 Å². The van der Waals surface area contributed by atoms with Crippen LogP contribution >= 0.6 is 12.4 Å². The molecule has 2 aromatic heterocycles. The molecular formula is C21H24ClN5O3. The van der Waals surface area contributed by atoms with Gasteiger partial charge in [-0.15, -0.1) is 17.5 Å². The van der Waals surface area contributed by atoms with Crippen molar-refractivity contribution in [2.45, 2.75) is 13.1 Å². The Morgan fingerprint density at radius 3 is 2.40 bits per heavy atom. The van der Waals surface area contributed by atoms with Crippen molar-refractivity contribution in [2.75, 3.05) is 33.3 Å². The lowest BCUT2D eigenvalue weighted by atomic mass is 10.2. The van der Waals surface area contributed by atoms with Crippen LogP contribution in [0.4, 0.5) is 0 Å². The van der Waals surface area contributed by atoms with Crippen molar-refractivity contribution in [1.82, 2.24) is 24.6 Å². The number of aromatic nitrogens is 3. The fraction of sp³-hybridized carbons (Fsp3) is 0.333. The number of pyridine rings is 1. The molecule has 3 heterocycles. The number of piperazine rings is 1. The van der Waals surface area contributed by atoms with Gasteiger partial charge < -0.3 is 9.64 Å². The minimum absolute atomic E-state index is 0. The molecule has 1 aliphatic heterocycles. The molecule has 1 aromatic carbocycles. The molecule has 0 N–H and O–H groups in total. The Hall–Kier alpha value is -2.97. The molecule has 8 nitrogen and oxygen atoms in total. The highest BCUT2D eigenvalue weighted by atomic mass is 35.5. The summed E-state index contributed by atoms with van der Waals surface area (Å²) in [6.45, 7) is 3.44. The van der Waals surface area contributed by atoms with Gasteiger partial charge in [0.1, 0.15) is 6.54 Å². The molecule has 3 aromatic rings. The minimum atomic E-state index is -0.288. The van der Waals surface area contributed by atoms with Crippen LogP contribution in [0.5, 0.6) is 5.88 Å². The number of methoxy groups -OCH3 is 1. The summed E-state index contributed by atoms with van der Waals surface area (Å²) < 4.78 is 6.51. The Morgan fingerprint density at radius 2 is 1.73 bits per heavy atom. The van der Waals surface area contributed by atoms with Crippen LogP contribution < -0.4 is 10.3 Å². The number of ether oxygens (including phenoxy) is 1. The number of carbonyl (C=O) groups excluding carboxylic acids is 1. The largest absolute Gasteiger partial charge is 0.480 e. The molecule has 0 spiro atoms. The molecule has 0 bridgehead atoms. The first kappa shape index (κ1) is 21.7. The van der Waals surface area contributed by atoms with Crippen molar-refractivity contribution in [1.29, 1.82) is 0 Å². The van der Waals surface area contributed by atoms with Gasteiger partial charge in [0.2, 0.25) is 11.8 Å². The first-order chi connectivity index (χ1) is 14.2. The van der Waals surface area contributed by atoms with Crippen molar-refractivity contribution >= 4 is 29.1 Å². The molecule has 1 amide bonds. The number of fused-ring (bicyclic) bond motifs is 1. The Bertz CT molecular complexity index is 1070. The summed E-state index contributed by atoms with van der Waals surface area (Å²) >= 11 is 0. The third kappa shape index (κ3) is 4.60. The highest BCUT2D eigenvalue weighted by molar-refractivity contribution is 5.86. The highest BCUT2D eigenvalue weighted by Crippen LogP contribution is 2.19. The summed E-state index contributed by atoms with van der Waals surface area (Å²) in [6.07, 6.45) is 1.79. The molecule has 0 unspecified atom stereocenters. The lowest BCUT2D eigenvalue weighted by Crippen LogP contribution is -2.49. The van der Waals surface area contributed by atoms with Crippen molar-refractivity contribution < 1.29 is 9.53 Å². The monoisotopic (exact) mass is 429 g/mol. The number of hydrogen-bond acceptors (Lipinski definition) is 6. The Balaban J connectivity index is 0.00000256. The molecule has 1 fully saturated rings. The van der Waals surface area contributed by atoms with E-state index in [1.54, 1.807) is 29.3 Å². The third-order valence-electron chi connectivity index (χ3n) is 5.15. The molecule has 30 heavy (non-hydrogen) atoms. The van der Waals surface area contributed by atoms with E-state index in [4.69, 9.17) is 4.74 Å². The normalized spacial score (nSPS) is 14.4. The van der Waals surface area contributed by atoms with Gasteiger partial charge in [0, 0.05) is 38.9 Å². The quantitative estimate of drug-likeness (QED) is 0.612. The number of benzene rings is 1. The molecule has 0 radical (unpaired) electrons. The fourth-order valence-electron chi connectivity index (χ4n) is 3.57. The molecule has 4 rings (SSSR count). The second-order valence-corrected chi connectivity index (χ2v) is 7.00. The minimum Gasteiger partial charge on any atom is -0.480 e. The topological polar surface area (TPSA) is 80.6 Å². The van der Waals surface area contributed by atoms with Crippen LogP contribution in [0.1, 0.15) is 5.69 Å². The van der Waals surface area contributed by atoms with E-state index in [1.807, 2.05) is 24.3 Å². The zero-order valence-electron chi connectivity index (χ0n) is 16.7. The highest BCUT2D eigenvalue weighted by Gasteiger charge is 2.23. The molecule has 1 saturated heterocycles. The average molecular weight is 430 g/mol. The molecule has 9 heteroatoms. The Kier molecular flexibility index (Phi) is 7.02. The summed E-state index contributed by atoms with van der Waals surface area (Å²) in [6, 6.07) is 13.0. The predicted molar refractivity (Wildman–Crippen MR) is 116 cm³/mol. The zero-order valence-corrected chi connectivity index (χ0v) is 17.5. The van der Waals surface area contributed by atoms with Crippen LogP contribution in [0.3, 0.4) is 0 Å². The summed E-state index contributed by atoms with van der Waals surface area (Å²) in [7, 11) is 1.51. The summed E-state index contributed by atoms with van der Waals surface area (Å²) in [5.74, 6) is 0.225. The number of amides is 1. The molecule has 1 aliphatic rings. The van der Waals surface area contributed by atoms with Crippen molar-refractivity contribution in [2.24, 2.45) is 0 Å². The molecular weight excluding hydrogens is 406 g/mol. The summed E-state index contributed by atoms with van der Waals surface area (Å²) in [5, 5.41) is 5.38. The van der Waals surface area contributed by atoms with E-state index in [0.717, 1.165) is 25.3 Å². The standard InChI is InChI=1S/C21H23N5O3.ClH/c1-29-20-17-7-2-3-8-18(17)21(28)26(23-20)15-19(27)25-12-10-24(11-13-25)14-16-6-4-5-9-22-16;/h2-9H,10-15H2,1H3;1H. The Labute approximate surface area is 180 Å². The van der Waals surface area contributed by atoms with Crippen LogP contribution in [0, 0.1) is 0 Å². The van der Waals surface area contributed by atoms with Gasteiger partial charge in [-0.1, -0.05) is 18.2 Å². The van der Waals surface area contributed by atoms with Crippen molar-refractivity contribution in [3.63, 3.8) is 0 Å². The first-order valence-electron chi connectivity index (χ1n) is 9.59. The van der Waals surface area contributed by atoms with E-state index in [9.17, 15) is 9.59 Å². The summed E-state index contributed by atoms with van der Waals surface area (Å²) in [4.78, 5) is 33.9. The van der Waals surface area contributed by atoms with Gasteiger partial charge in [-0.3, -0.25) is 19.5 Å². The van der Waals surface area contributed by atoms with E-state index in [1.165, 1.54) is 11.8 Å². The molecule has 0 saturated carbocycles. The van der Waals surface area contributed by atoms with Gasteiger partial charge in [0.05, 0.1) is 23.6 Å². The van der Waals surface area contributed by atoms with Gasteiger partial charge in [0.15, 0.2) is 0 Å². The van der Waals surface area contributed by atoms with Gasteiger partial charge in [-0.25, -0.2) is 4.68 Å². The van der Waals surface area contributed by atoms with Gasteiger partial charge >= 0.3 is 0 Å². The fourth-order valence-corrected chi connectivity index (χ4v) is 3.57. The maximum absolute atomic E-state index is 12.8. The third-order valence-corrected chi connectivity index (χ3v) is 5.15. The van der Waals surface area contributed by atoms with Gasteiger partial charge in [0.25, 0.3) is 5.56 Å². The molecule has 0 atom stereocenters. The second-order valence-electron chi connectivity index (χ2n) is 7.00. The number of hydrogen-bond donors (Lipinski definition) is 0. The maximum atomic E-state index is 12.8. The molecule has 0 aliphatic carbocycles. The lowest BCUT2D eigenvalue weighted by molar-refractivity contribution is -0.133. The average Bonchev–Trinajstić information content (AvgIpc) is 2.77. The van der Waals surface area contributed by atoms with Gasteiger partial charge in [-0.2, -0.15) is 0 Å². The first-order valence-corrected chi connectivity index (χ1v) is 9.59. The van der Waals surface area contributed by atoms with E-state index >= 15 is 0 Å². The van der Waals surface area contributed by atoms with Crippen LogP contribution in [-0.2, 0) is 17.9 Å². The number of carbonyl (C=O) groups is 1. The number of rotatable bonds is 5. The van der Waals surface area contributed by atoms with Crippen molar-refractivity contribution in [3.05, 3.63) is 64.7 Å². The van der Waals surface area contributed by atoms with E-state index in [0.29, 0.717) is 29.7 Å². The molecule has 158 valence electrons. The van der Waals surface area contributed by atoms with Crippen LogP contribution in [0.2, 0.25) is 0 Å². The Morgan fingerprint density at radius 1 is 1.03 bits per heavy atom. The van der Waals surface area contributed by atoms with Crippen LogP contribution in [0.15, 0.2) is 53.5 Å². The smallest absolute Gasteiger partial charge is 0.275 e. The van der Waals surface area contributed by atoms with E-state index < -0.39 is 0 Å². The van der Waals surface area contributed by atoms with Crippen LogP contribution in [-0.4, -0.2) is 63.8 Å². The second kappa shape index (κ2) is 9.69. The SMILES string of the molecule is COc1nn(CC(=O)N2CCN(Cc3ccccn3)CC2)c(=O)c2ccccc12.Cl. The maximum Gasteiger partial charge on any atom is 0.275 e. The number of halogens is 1. The zero-order chi connectivity index (χ0) is 20.2. The lowest BCUT2D eigenvalue weighted by Gasteiger charge is -2.34. The summed E-state index contributed by atoms with van der Waals surface area (Å²) in [5.41, 5.74) is 0.731. The van der Waals surface area contributed by atoms with E-state index in [2.05, 4.69) is 15.0 Å². The van der Waals surface area contributed by atoms with Gasteiger partial charge in [-0.05, 0) is 24.3 Å².